The molecule has 0 bridgehead atoms. The van der Waals surface area contributed by atoms with E-state index < -0.39 is 35.5 Å². The van der Waals surface area contributed by atoms with Gasteiger partial charge in [0.1, 0.15) is 0 Å². The molecule has 0 spiro atoms. The molecule has 0 heterocycles. The number of nitrogens with one attached hydrogen (secondary N) is 4. The van der Waals surface area contributed by atoms with Crippen molar-refractivity contribution in [3.05, 3.63) is 59.7 Å². The first-order valence-corrected chi connectivity index (χ1v) is 11.9. The maximum atomic E-state index is 12.5. The second-order valence-corrected chi connectivity index (χ2v) is 9.09. The molecule has 0 aliphatic carbocycles. The van der Waals surface area contributed by atoms with E-state index in [1.807, 2.05) is 0 Å². The number of rotatable bonds is 8. The Labute approximate surface area is 191 Å². The standard InChI is InChI=1S/C20H20F6N4O2Se/c21-19(22,23)13-1-5-15(6-2-13)29-17(31)27-9-11-33-12-10-28-18(32)30-16-7-3-14(4-8-16)20(24,25)26/h1-8H,9-12H2,(H2,27,29,31)(H2,28,30,32). The molecule has 0 saturated carbocycles. The zero-order chi connectivity index (χ0) is 24.5. The monoisotopic (exact) mass is 542 g/mol. The Balaban J connectivity index is 1.55. The molecule has 0 aromatic heterocycles. The van der Waals surface area contributed by atoms with Gasteiger partial charge in [-0.25, -0.2) is 0 Å². The van der Waals surface area contributed by atoms with Crippen LogP contribution in [-0.4, -0.2) is 40.1 Å². The molecule has 13 heteroatoms. The fourth-order valence-electron chi connectivity index (χ4n) is 2.41. The Hall–Kier alpha value is -2.92. The number of urea groups is 2. The van der Waals surface area contributed by atoms with E-state index in [9.17, 15) is 35.9 Å². The van der Waals surface area contributed by atoms with E-state index >= 15 is 0 Å². The summed E-state index contributed by atoms with van der Waals surface area (Å²) >= 11 is 0.100. The number of carbonyl (C=O) groups is 2. The van der Waals surface area contributed by atoms with Crippen LogP contribution in [0, 0.1) is 0 Å². The van der Waals surface area contributed by atoms with Crippen LogP contribution >= 0.6 is 0 Å². The molecule has 0 fully saturated rings. The van der Waals surface area contributed by atoms with Crippen molar-refractivity contribution in [1.29, 1.82) is 0 Å². The molecule has 6 nitrogen and oxygen atoms in total. The average Bonchev–Trinajstić information content (AvgIpc) is 2.72. The number of hydrogen-bond donors (Lipinski definition) is 4. The SMILES string of the molecule is O=C(NCC[Se]CCNC(=O)Nc1ccc(C(F)(F)F)cc1)Nc1ccc(C(F)(F)F)cc1. The van der Waals surface area contributed by atoms with Crippen molar-refractivity contribution in [2.45, 2.75) is 23.0 Å². The molecule has 2 rings (SSSR count). The predicted octanol–water partition coefficient (Wildman–Crippen LogP) is 5.21. The molecule has 0 radical (unpaired) electrons. The van der Waals surface area contributed by atoms with Crippen LogP contribution in [-0.2, 0) is 12.4 Å². The molecule has 0 unspecified atom stereocenters. The molecule has 2 aromatic rings. The first kappa shape index (κ1) is 26.3. The minimum atomic E-state index is -4.44. The van der Waals surface area contributed by atoms with Crippen LogP contribution in [0.2, 0.25) is 10.6 Å². The van der Waals surface area contributed by atoms with Crippen LogP contribution in [0.5, 0.6) is 0 Å². The van der Waals surface area contributed by atoms with Gasteiger partial charge in [-0.05, 0) is 0 Å². The van der Waals surface area contributed by atoms with Crippen molar-refractivity contribution in [2.24, 2.45) is 0 Å². The van der Waals surface area contributed by atoms with Crippen LogP contribution < -0.4 is 21.3 Å². The summed E-state index contributed by atoms with van der Waals surface area (Å²) in [6.07, 6.45) is -8.89. The van der Waals surface area contributed by atoms with E-state index in [2.05, 4.69) is 21.3 Å². The summed E-state index contributed by atoms with van der Waals surface area (Å²) < 4.78 is 75.1. The number of anilines is 2. The second-order valence-electron chi connectivity index (χ2n) is 6.52. The van der Waals surface area contributed by atoms with Crippen LogP contribution in [0.15, 0.2) is 48.5 Å². The van der Waals surface area contributed by atoms with Crippen molar-refractivity contribution in [3.63, 3.8) is 0 Å². The number of benzene rings is 2. The fraction of sp³-hybridized carbons (Fsp3) is 0.300. The van der Waals surface area contributed by atoms with E-state index in [-0.39, 0.29) is 26.3 Å². The van der Waals surface area contributed by atoms with Gasteiger partial charge in [0, 0.05) is 0 Å². The van der Waals surface area contributed by atoms with E-state index in [0.717, 1.165) is 48.5 Å². The van der Waals surface area contributed by atoms with Crippen LogP contribution in [0.4, 0.5) is 47.3 Å². The predicted molar refractivity (Wildman–Crippen MR) is 112 cm³/mol. The topological polar surface area (TPSA) is 82.3 Å². The third-order valence-electron chi connectivity index (χ3n) is 4.00. The normalized spacial score (nSPS) is 11.6. The van der Waals surface area contributed by atoms with Gasteiger partial charge in [-0.1, -0.05) is 0 Å². The van der Waals surface area contributed by atoms with Gasteiger partial charge in [-0.3, -0.25) is 0 Å². The Morgan fingerprint density at radius 3 is 1.27 bits per heavy atom. The molecule has 0 aliphatic heterocycles. The number of halogens is 6. The number of amides is 4. The summed E-state index contributed by atoms with van der Waals surface area (Å²) in [4.78, 5) is 23.5. The molecule has 4 amide bonds. The van der Waals surface area contributed by atoms with Gasteiger partial charge < -0.3 is 0 Å². The molecular formula is C20H20F6N4O2Se. The molecule has 33 heavy (non-hydrogen) atoms. The van der Waals surface area contributed by atoms with Crippen LogP contribution in [0.3, 0.4) is 0 Å². The first-order valence-electron chi connectivity index (χ1n) is 9.47. The maximum absolute atomic E-state index is 12.5. The molecule has 0 saturated heterocycles. The van der Waals surface area contributed by atoms with E-state index in [1.165, 1.54) is 0 Å². The summed E-state index contributed by atoms with van der Waals surface area (Å²) in [5.74, 6) is 0. The number of hydrogen-bond acceptors (Lipinski definition) is 2. The van der Waals surface area contributed by atoms with Gasteiger partial charge in [0.05, 0.1) is 0 Å². The summed E-state index contributed by atoms with van der Waals surface area (Å²) in [5, 5.41) is 11.4. The average molecular weight is 541 g/mol. The fourth-order valence-corrected chi connectivity index (χ4v) is 3.87. The third-order valence-corrected chi connectivity index (χ3v) is 6.07. The molecule has 2 aromatic carbocycles. The quantitative estimate of drug-likeness (QED) is 0.210. The van der Waals surface area contributed by atoms with Crippen LogP contribution in [0.25, 0.3) is 0 Å². The van der Waals surface area contributed by atoms with Gasteiger partial charge in [0.25, 0.3) is 0 Å². The van der Waals surface area contributed by atoms with E-state index in [1.54, 1.807) is 0 Å². The van der Waals surface area contributed by atoms with Crippen molar-refractivity contribution in [1.82, 2.24) is 10.6 Å². The van der Waals surface area contributed by atoms with Gasteiger partial charge in [0.15, 0.2) is 0 Å². The van der Waals surface area contributed by atoms with Gasteiger partial charge >= 0.3 is 191 Å². The minimum absolute atomic E-state index is 0.100. The van der Waals surface area contributed by atoms with Crippen LogP contribution in [0.1, 0.15) is 11.1 Å². The summed E-state index contributed by atoms with van der Waals surface area (Å²) in [6, 6.07) is 7.06. The number of alkyl halides is 6. The first-order chi connectivity index (χ1) is 15.4. The molecule has 180 valence electrons. The van der Waals surface area contributed by atoms with Crippen molar-refractivity contribution in [3.8, 4) is 0 Å². The van der Waals surface area contributed by atoms with E-state index in [0.29, 0.717) is 23.7 Å². The Morgan fingerprint density at radius 1 is 0.636 bits per heavy atom. The van der Waals surface area contributed by atoms with Crippen molar-refractivity contribution < 1.29 is 35.9 Å². The Kier molecular flexibility index (Phi) is 9.42. The molecular weight excluding hydrogens is 521 g/mol. The summed E-state index contributed by atoms with van der Waals surface area (Å²) in [5.41, 5.74) is -1.15. The molecule has 0 atom stereocenters. The zero-order valence-corrected chi connectivity index (χ0v) is 18.7. The summed E-state index contributed by atoms with van der Waals surface area (Å²) in [6.45, 7) is 0.703. The Morgan fingerprint density at radius 2 is 0.970 bits per heavy atom. The molecule has 0 aliphatic rings. The van der Waals surface area contributed by atoms with E-state index in [4.69, 9.17) is 0 Å². The second kappa shape index (κ2) is 11.8. The number of carbonyl (C=O) groups excluding carboxylic acids is 2. The van der Waals surface area contributed by atoms with Gasteiger partial charge in [-0.15, -0.1) is 0 Å². The van der Waals surface area contributed by atoms with Gasteiger partial charge in [0.2, 0.25) is 0 Å². The van der Waals surface area contributed by atoms with Crippen molar-refractivity contribution in [2.75, 3.05) is 23.7 Å². The van der Waals surface area contributed by atoms with Gasteiger partial charge in [-0.2, -0.15) is 0 Å². The zero-order valence-electron chi connectivity index (χ0n) is 16.9. The van der Waals surface area contributed by atoms with Crippen molar-refractivity contribution >= 4 is 38.4 Å². The third kappa shape index (κ3) is 9.62. The Bertz CT molecular complexity index is 843. The molecule has 4 N–H and O–H groups in total. The summed E-state index contributed by atoms with van der Waals surface area (Å²) in [7, 11) is 0.